The van der Waals surface area contributed by atoms with Crippen molar-refractivity contribution in [1.29, 1.82) is 0 Å². The Morgan fingerprint density at radius 3 is 2.08 bits per heavy atom. The quantitative estimate of drug-likeness (QED) is 0.0731. The Kier molecular flexibility index (Phi) is 9.54. The Balaban J connectivity index is 1.19. The van der Waals surface area contributed by atoms with E-state index in [1.807, 2.05) is 60.7 Å². The molecule has 0 saturated carbocycles. The third kappa shape index (κ3) is 6.35. The van der Waals surface area contributed by atoms with E-state index in [0.717, 1.165) is 22.4 Å². The predicted molar refractivity (Wildman–Crippen MR) is 208 cm³/mol. The van der Waals surface area contributed by atoms with E-state index in [-0.39, 0.29) is 24.7 Å². The van der Waals surface area contributed by atoms with Gasteiger partial charge in [0.05, 0.1) is 0 Å². The molecule has 5 aromatic carbocycles. The van der Waals surface area contributed by atoms with Crippen molar-refractivity contribution in [2.24, 2.45) is 4.99 Å². The van der Waals surface area contributed by atoms with Crippen LogP contribution in [0.25, 0.3) is 0 Å². The Labute approximate surface area is 307 Å². The summed E-state index contributed by atoms with van der Waals surface area (Å²) in [6.45, 7) is 0.240. The Bertz CT molecular complexity index is 2050. The molecule has 8 rings (SSSR count). The van der Waals surface area contributed by atoms with Gasteiger partial charge in [0.2, 0.25) is 6.79 Å². The number of methoxy groups -OCH3 is 1. The fourth-order valence-corrected chi connectivity index (χ4v) is 13.5. The summed E-state index contributed by atoms with van der Waals surface area (Å²) in [4.78, 5) is 34.8. The number of aliphatic imine (C=N–C) groups is 1. The molecule has 52 heavy (non-hydrogen) atoms. The summed E-state index contributed by atoms with van der Waals surface area (Å²) < 4.78 is 22.3. The zero-order chi connectivity index (χ0) is 35.5. The monoisotopic (exact) mass is 728 g/mol. The zero-order valence-electron chi connectivity index (χ0n) is 28.5. The molecule has 0 spiro atoms. The van der Waals surface area contributed by atoms with Crippen molar-refractivity contribution in [2.45, 2.75) is 18.0 Å². The second kappa shape index (κ2) is 14.7. The van der Waals surface area contributed by atoms with Gasteiger partial charge in [0.15, 0.2) is 0 Å². The van der Waals surface area contributed by atoms with Gasteiger partial charge in [-0.05, 0) is 0 Å². The van der Waals surface area contributed by atoms with Crippen LogP contribution in [0.4, 0.5) is 0 Å². The molecule has 1 saturated heterocycles. The predicted octanol–water partition coefficient (Wildman–Crippen LogP) is 5.85. The molecule has 3 aliphatic rings. The number of nitrogens with zero attached hydrogens (tertiary/aromatic N) is 2. The van der Waals surface area contributed by atoms with Gasteiger partial charge in [0.25, 0.3) is 0 Å². The second-order valence-corrected chi connectivity index (χ2v) is 17.8. The summed E-state index contributed by atoms with van der Waals surface area (Å²) in [5, 5.41) is 3.32. The van der Waals surface area contributed by atoms with Crippen LogP contribution in [0.1, 0.15) is 11.1 Å². The first kappa shape index (κ1) is 33.8. The molecule has 10 heteroatoms. The van der Waals surface area contributed by atoms with Crippen molar-refractivity contribution in [3.05, 3.63) is 156 Å². The van der Waals surface area contributed by atoms with Crippen LogP contribution in [-0.2, 0) is 20.9 Å². The van der Waals surface area contributed by atoms with Crippen LogP contribution in [0.15, 0.2) is 150 Å². The minimum atomic E-state index is -2.81. The molecule has 0 radical (unpaired) electrons. The molecule has 0 aliphatic carbocycles. The molecule has 262 valence electrons. The van der Waals surface area contributed by atoms with E-state index in [2.05, 4.69) is 72.8 Å². The van der Waals surface area contributed by atoms with Gasteiger partial charge in [-0.15, -0.1) is 0 Å². The van der Waals surface area contributed by atoms with Crippen LogP contribution in [-0.4, -0.2) is 60.2 Å². The van der Waals surface area contributed by atoms with Crippen molar-refractivity contribution >= 4 is 53.0 Å². The van der Waals surface area contributed by atoms with Gasteiger partial charge in [0.1, 0.15) is 0 Å². The number of carbonyl (C=O) groups is 2. The van der Waals surface area contributed by atoms with E-state index < -0.39 is 19.3 Å². The van der Waals surface area contributed by atoms with E-state index in [1.54, 1.807) is 30.0 Å². The Morgan fingerprint density at radius 1 is 0.846 bits per heavy atom. The van der Waals surface area contributed by atoms with E-state index >= 15 is 0 Å². The number of rotatable bonds is 11. The van der Waals surface area contributed by atoms with Crippen molar-refractivity contribution in [3.63, 3.8) is 0 Å². The van der Waals surface area contributed by atoms with Gasteiger partial charge < -0.3 is 4.74 Å². The second-order valence-electron chi connectivity index (χ2n) is 12.8. The van der Waals surface area contributed by atoms with Crippen LogP contribution in [0.3, 0.4) is 0 Å². The molecular formula is C42H37N2O6PS. The maximum absolute atomic E-state index is 14.4. The summed E-state index contributed by atoms with van der Waals surface area (Å²) in [6, 6.07) is 44.1. The normalized spacial score (nSPS) is 18.2. The fourth-order valence-electron chi connectivity index (χ4n) is 7.18. The standard InChI is InChI=1S/C42H37N2O6PS/c1-47-32-20-17-29(18-21-32)25-48-42(46)39-31(27-52-41-38(40(45)44(39)41)43-24-30-19-22-36-37(23-30)50-28-49-36)26-51(33-11-5-2-6-12-33,34-13-7-3-8-14-34)35-15-9-4-10-16-35/h2-24,38,41,51H,25-28H2,1H3/b43-24+/t38-,41-/m1/s1. The minimum absolute atomic E-state index is 0.0593. The van der Waals surface area contributed by atoms with Gasteiger partial charge in [-0.25, -0.2) is 0 Å². The number of carbonyl (C=O) groups excluding carboxylic acids is 2. The Morgan fingerprint density at radius 2 is 1.46 bits per heavy atom. The van der Waals surface area contributed by atoms with Crippen molar-refractivity contribution in [1.82, 2.24) is 4.90 Å². The van der Waals surface area contributed by atoms with Crippen LogP contribution >= 0.6 is 19.0 Å². The first-order chi connectivity index (χ1) is 25.5. The van der Waals surface area contributed by atoms with Crippen molar-refractivity contribution < 1.29 is 28.5 Å². The molecule has 0 N–H and O–H groups in total. The molecule has 2 atom stereocenters. The first-order valence-corrected chi connectivity index (χ1v) is 20.4. The van der Waals surface area contributed by atoms with Crippen molar-refractivity contribution in [2.75, 3.05) is 25.8 Å². The molecule has 0 bridgehead atoms. The summed E-state index contributed by atoms with van der Waals surface area (Å²) in [6.07, 6.45) is 2.29. The van der Waals surface area contributed by atoms with E-state index in [4.69, 9.17) is 23.9 Å². The molecule has 0 unspecified atom stereocenters. The summed E-state index contributed by atoms with van der Waals surface area (Å²) in [7, 11) is -1.20. The molecule has 0 aromatic heterocycles. The third-order valence-electron chi connectivity index (χ3n) is 9.80. The SMILES string of the molecule is COc1ccc(COC(=O)C2=C(C[PH](c3ccccc3)(c3ccccc3)c3ccccc3)CS[C@@H]3[C@H](/N=C/c4ccc5c(c4)OCO5)C(=O)N23)cc1. The van der Waals surface area contributed by atoms with Gasteiger partial charge in [0, 0.05) is 0 Å². The third-order valence-corrected chi connectivity index (χ3v) is 16.0. The van der Waals surface area contributed by atoms with E-state index in [9.17, 15) is 9.59 Å². The van der Waals surface area contributed by atoms with Gasteiger partial charge in [-0.1, -0.05) is 0 Å². The molecular weight excluding hydrogens is 692 g/mol. The molecule has 1 fully saturated rings. The average Bonchev–Trinajstić information content (AvgIpc) is 3.68. The van der Waals surface area contributed by atoms with E-state index in [0.29, 0.717) is 29.1 Å². The number of amides is 1. The van der Waals surface area contributed by atoms with Crippen LogP contribution in [0, 0.1) is 0 Å². The summed E-state index contributed by atoms with van der Waals surface area (Å²) >= 11 is 1.64. The number of hydrogen-bond acceptors (Lipinski definition) is 8. The number of fused-ring (bicyclic) bond motifs is 2. The van der Waals surface area contributed by atoms with Crippen LogP contribution < -0.4 is 30.1 Å². The zero-order valence-corrected chi connectivity index (χ0v) is 30.3. The van der Waals surface area contributed by atoms with Crippen molar-refractivity contribution in [3.8, 4) is 17.2 Å². The molecule has 8 nitrogen and oxygen atoms in total. The summed E-state index contributed by atoms with van der Waals surface area (Å²) in [5.74, 6) is 1.86. The number of hydrogen-bond donors (Lipinski definition) is 0. The van der Waals surface area contributed by atoms with Crippen LogP contribution in [0.5, 0.6) is 17.2 Å². The van der Waals surface area contributed by atoms with Gasteiger partial charge in [-0.2, -0.15) is 0 Å². The molecule has 1 amide bonds. The maximum atomic E-state index is 14.4. The van der Waals surface area contributed by atoms with Gasteiger partial charge in [-0.3, -0.25) is 0 Å². The number of thioether (sulfide) groups is 1. The topological polar surface area (TPSA) is 86.7 Å². The first-order valence-electron chi connectivity index (χ1n) is 17.1. The Hall–Kier alpha value is -5.37. The number of β-lactam (4-membered cyclic amide) rings is 1. The number of esters is 1. The molecule has 5 aromatic rings. The fraction of sp³-hybridized carbons (Fsp3) is 0.167. The van der Waals surface area contributed by atoms with Gasteiger partial charge >= 0.3 is 297 Å². The number of benzene rings is 5. The summed E-state index contributed by atoms with van der Waals surface area (Å²) in [5.41, 5.74) is 2.85. The van der Waals surface area contributed by atoms with E-state index in [1.165, 1.54) is 15.9 Å². The molecule has 3 aliphatic heterocycles. The average molecular weight is 729 g/mol. The van der Waals surface area contributed by atoms with Crippen LogP contribution in [0.2, 0.25) is 0 Å². The molecule has 3 heterocycles. The number of ether oxygens (including phenoxy) is 4.